The van der Waals surface area contributed by atoms with Gasteiger partial charge in [-0.05, 0) is 37.3 Å². The van der Waals surface area contributed by atoms with E-state index in [1.54, 1.807) is 12.1 Å². The van der Waals surface area contributed by atoms with Gasteiger partial charge in [0.05, 0.1) is 53.6 Å². The predicted octanol–water partition coefficient (Wildman–Crippen LogP) is 2.49. The molecule has 0 atom stereocenters. The lowest BCUT2D eigenvalue weighted by Crippen LogP contribution is -2.27. The third-order valence-corrected chi connectivity index (χ3v) is 5.94. The van der Waals surface area contributed by atoms with Crippen molar-refractivity contribution in [3.63, 3.8) is 0 Å². The molecule has 0 N–H and O–H groups in total. The van der Waals surface area contributed by atoms with Crippen LogP contribution in [-0.2, 0) is 28.8 Å². The van der Waals surface area contributed by atoms with Gasteiger partial charge in [-0.3, -0.25) is 9.69 Å². The van der Waals surface area contributed by atoms with E-state index < -0.39 is 21.8 Å². The summed E-state index contributed by atoms with van der Waals surface area (Å²) in [6, 6.07) is 10.0. The van der Waals surface area contributed by atoms with Gasteiger partial charge in [0.1, 0.15) is 0 Å². The first-order valence-electron chi connectivity index (χ1n) is 9.25. The number of amides is 1. The molecule has 32 heavy (non-hydrogen) atoms. The first-order valence-corrected chi connectivity index (χ1v) is 10.8. The van der Waals surface area contributed by atoms with Gasteiger partial charge in [-0.2, -0.15) is 0 Å². The monoisotopic (exact) mass is 461 g/mol. The molecule has 0 saturated carbocycles. The van der Waals surface area contributed by atoms with Gasteiger partial charge in [0.2, 0.25) is 16.2 Å². The highest BCUT2D eigenvalue weighted by Gasteiger charge is 2.24. The largest absolute Gasteiger partial charge is 0.465 e. The fraction of sp³-hybridized carbons (Fsp3) is 0.227. The Labute approximate surface area is 186 Å². The van der Waals surface area contributed by atoms with Crippen molar-refractivity contribution in [3.05, 3.63) is 70.3 Å². The summed E-state index contributed by atoms with van der Waals surface area (Å²) in [5.41, 5.74) is 0.734. The summed E-state index contributed by atoms with van der Waals surface area (Å²) in [4.78, 5) is 37.2. The van der Waals surface area contributed by atoms with Crippen LogP contribution in [0.15, 0.2) is 58.5 Å². The number of nitrogens with zero attached hydrogens (tertiary/aromatic N) is 1. The number of hydrogen-bond donors (Lipinski definition) is 0. The third kappa shape index (κ3) is 5.59. The average molecular weight is 461 g/mol. The molecule has 0 saturated heterocycles. The molecule has 170 valence electrons. The molecule has 1 amide bonds. The van der Waals surface area contributed by atoms with E-state index in [0.717, 1.165) is 23.0 Å². The number of ether oxygens (including phenoxy) is 3. The standard InChI is InChI=1S/C22H23NO8S/c1-15-5-8-18(9-6-15)32(27,28)13-17(12-29-2)23(14-24)20-10-7-16(21(25)30-3)11-19(20)22(26)31-4/h5-11,13-14H,12H2,1-4H3/b17-13+. The highest BCUT2D eigenvalue weighted by molar-refractivity contribution is 7.94. The maximum atomic E-state index is 12.9. The summed E-state index contributed by atoms with van der Waals surface area (Å²) in [6.45, 7) is 1.56. The van der Waals surface area contributed by atoms with Crippen LogP contribution in [0.3, 0.4) is 0 Å². The molecule has 0 fully saturated rings. The van der Waals surface area contributed by atoms with E-state index in [2.05, 4.69) is 4.74 Å². The van der Waals surface area contributed by atoms with Crippen LogP contribution >= 0.6 is 0 Å². The van der Waals surface area contributed by atoms with Crippen LogP contribution in [0.1, 0.15) is 26.3 Å². The fourth-order valence-electron chi connectivity index (χ4n) is 2.83. The Morgan fingerprint density at radius 3 is 2.12 bits per heavy atom. The van der Waals surface area contributed by atoms with Crippen LogP contribution in [0.25, 0.3) is 0 Å². The molecule has 0 spiro atoms. The molecule has 9 nitrogen and oxygen atoms in total. The summed E-state index contributed by atoms with van der Waals surface area (Å²) >= 11 is 0. The number of sulfone groups is 1. The van der Waals surface area contributed by atoms with Crippen molar-refractivity contribution < 1.29 is 37.0 Å². The maximum absolute atomic E-state index is 12.9. The van der Waals surface area contributed by atoms with Gasteiger partial charge >= 0.3 is 11.9 Å². The Balaban J connectivity index is 2.65. The molecule has 0 radical (unpaired) electrons. The van der Waals surface area contributed by atoms with Crippen LogP contribution in [0.5, 0.6) is 0 Å². The van der Waals surface area contributed by atoms with Gasteiger partial charge in [0, 0.05) is 7.11 Å². The SMILES string of the molecule is COC/C(=C\S(=O)(=O)c1ccc(C)cc1)N(C=O)c1ccc(C(=O)OC)cc1C(=O)OC. The van der Waals surface area contributed by atoms with Gasteiger partial charge in [-0.15, -0.1) is 0 Å². The molecule has 0 aliphatic heterocycles. The van der Waals surface area contributed by atoms with Crippen LogP contribution in [0.4, 0.5) is 5.69 Å². The van der Waals surface area contributed by atoms with E-state index in [-0.39, 0.29) is 34.0 Å². The van der Waals surface area contributed by atoms with Crippen LogP contribution < -0.4 is 4.90 Å². The summed E-state index contributed by atoms with van der Waals surface area (Å²) < 4.78 is 40.3. The minimum atomic E-state index is -3.96. The highest BCUT2D eigenvalue weighted by atomic mass is 32.2. The number of aryl methyl sites for hydroxylation is 1. The van der Waals surface area contributed by atoms with Gasteiger partial charge < -0.3 is 14.2 Å². The molecule has 0 bridgehead atoms. The van der Waals surface area contributed by atoms with Crippen molar-refractivity contribution in [1.82, 2.24) is 0 Å². The second-order valence-corrected chi connectivity index (χ2v) is 8.39. The van der Waals surface area contributed by atoms with Gasteiger partial charge in [0.15, 0.2) is 0 Å². The van der Waals surface area contributed by atoms with Gasteiger partial charge in [0.25, 0.3) is 0 Å². The lowest BCUT2D eigenvalue weighted by Gasteiger charge is -2.23. The Bertz CT molecular complexity index is 1140. The van der Waals surface area contributed by atoms with Crippen LogP contribution in [0, 0.1) is 6.92 Å². The normalized spacial score (nSPS) is 11.6. The van der Waals surface area contributed by atoms with Crippen LogP contribution in [-0.4, -0.2) is 54.7 Å². The van der Waals surface area contributed by atoms with Crippen molar-refractivity contribution >= 4 is 33.9 Å². The molecule has 2 aromatic rings. The summed E-state index contributed by atoms with van der Waals surface area (Å²) in [6.07, 6.45) is 0.342. The zero-order valence-electron chi connectivity index (χ0n) is 18.0. The minimum absolute atomic E-state index is 0.00177. The van der Waals surface area contributed by atoms with Gasteiger partial charge in [-0.1, -0.05) is 17.7 Å². The molecule has 0 unspecified atom stereocenters. The lowest BCUT2D eigenvalue weighted by atomic mass is 10.1. The maximum Gasteiger partial charge on any atom is 0.340 e. The second kappa shape index (κ2) is 10.7. The first-order chi connectivity index (χ1) is 15.2. The fourth-order valence-corrected chi connectivity index (χ4v) is 4.02. The van der Waals surface area contributed by atoms with E-state index in [0.29, 0.717) is 6.41 Å². The molecule has 10 heteroatoms. The third-order valence-electron chi connectivity index (χ3n) is 4.43. The highest BCUT2D eigenvalue weighted by Crippen LogP contribution is 2.27. The number of carbonyl (C=O) groups excluding carboxylic acids is 3. The molecular weight excluding hydrogens is 438 g/mol. The minimum Gasteiger partial charge on any atom is -0.465 e. The van der Waals surface area contributed by atoms with Crippen molar-refractivity contribution in [3.8, 4) is 0 Å². The number of rotatable bonds is 9. The molecule has 2 aromatic carbocycles. The summed E-state index contributed by atoms with van der Waals surface area (Å²) in [5.74, 6) is -1.54. The lowest BCUT2D eigenvalue weighted by molar-refractivity contribution is -0.107. The number of esters is 2. The Kier molecular flexibility index (Phi) is 8.27. The zero-order valence-corrected chi connectivity index (χ0v) is 18.8. The number of hydrogen-bond acceptors (Lipinski definition) is 8. The van der Waals surface area contributed by atoms with Crippen molar-refractivity contribution in [2.75, 3.05) is 32.8 Å². The molecular formula is C22H23NO8S. The molecule has 0 heterocycles. The predicted molar refractivity (Wildman–Crippen MR) is 116 cm³/mol. The molecule has 0 aliphatic rings. The molecule has 2 rings (SSSR count). The van der Waals surface area contributed by atoms with Crippen molar-refractivity contribution in [2.24, 2.45) is 0 Å². The second-order valence-electron chi connectivity index (χ2n) is 6.59. The van der Waals surface area contributed by atoms with Crippen LogP contribution in [0.2, 0.25) is 0 Å². The number of benzene rings is 2. The zero-order chi connectivity index (χ0) is 23.9. The number of methoxy groups -OCH3 is 3. The Morgan fingerprint density at radius 1 is 0.969 bits per heavy atom. The number of carbonyl (C=O) groups is 3. The Hall–Kier alpha value is -3.50. The van der Waals surface area contributed by atoms with Crippen molar-refractivity contribution in [2.45, 2.75) is 11.8 Å². The first kappa shape index (κ1) is 24.8. The molecule has 0 aromatic heterocycles. The van der Waals surface area contributed by atoms with E-state index >= 15 is 0 Å². The van der Waals surface area contributed by atoms with E-state index in [1.165, 1.54) is 44.6 Å². The van der Waals surface area contributed by atoms with E-state index in [1.807, 2.05) is 6.92 Å². The average Bonchev–Trinajstić information content (AvgIpc) is 2.78. The number of anilines is 1. The van der Waals surface area contributed by atoms with E-state index in [4.69, 9.17) is 9.47 Å². The summed E-state index contributed by atoms with van der Waals surface area (Å²) in [7, 11) is -0.312. The summed E-state index contributed by atoms with van der Waals surface area (Å²) in [5, 5.41) is 0.894. The Morgan fingerprint density at radius 2 is 1.59 bits per heavy atom. The molecule has 0 aliphatic carbocycles. The quantitative estimate of drug-likeness (QED) is 0.413. The topological polar surface area (TPSA) is 116 Å². The van der Waals surface area contributed by atoms with Crippen molar-refractivity contribution in [1.29, 1.82) is 0 Å². The van der Waals surface area contributed by atoms with E-state index in [9.17, 15) is 22.8 Å². The smallest absolute Gasteiger partial charge is 0.340 e. The van der Waals surface area contributed by atoms with Gasteiger partial charge in [-0.25, -0.2) is 18.0 Å².